The molecule has 0 unspecified atom stereocenters. The van der Waals surface area contributed by atoms with E-state index >= 15 is 0 Å². The van der Waals surface area contributed by atoms with Crippen LogP contribution in [0.15, 0.2) is 23.1 Å². The van der Waals surface area contributed by atoms with Gasteiger partial charge in [-0.2, -0.15) is 0 Å². The number of rotatable bonds is 6. The zero-order valence-electron chi connectivity index (χ0n) is 8.53. The topological polar surface area (TPSA) is 26.3 Å². The molecule has 0 radical (unpaired) electrons. The van der Waals surface area contributed by atoms with E-state index in [4.69, 9.17) is 4.74 Å². The maximum atomic E-state index is 12.8. The summed E-state index contributed by atoms with van der Waals surface area (Å²) in [6, 6.07) is 4.26. The summed E-state index contributed by atoms with van der Waals surface area (Å²) >= 11 is 1.54. The van der Waals surface area contributed by atoms with Crippen LogP contribution < -0.4 is 0 Å². The van der Waals surface area contributed by atoms with Gasteiger partial charge in [0.1, 0.15) is 5.82 Å². The summed E-state index contributed by atoms with van der Waals surface area (Å²) in [5.41, 5.74) is 0.414. The van der Waals surface area contributed by atoms with Gasteiger partial charge < -0.3 is 4.74 Å². The van der Waals surface area contributed by atoms with Crippen LogP contribution in [0.1, 0.15) is 16.8 Å². The lowest BCUT2D eigenvalue weighted by atomic mass is 10.2. The Balaban J connectivity index is 2.56. The molecule has 0 atom stereocenters. The van der Waals surface area contributed by atoms with Crippen molar-refractivity contribution < 1.29 is 13.9 Å². The fourth-order valence-electron chi connectivity index (χ4n) is 1.13. The Hall–Kier alpha value is -0.870. The summed E-state index contributed by atoms with van der Waals surface area (Å²) in [7, 11) is 1.65. The molecule has 4 heteroatoms. The lowest BCUT2D eigenvalue weighted by molar-refractivity contribution is 0.112. The number of carbonyl (C=O) groups is 1. The summed E-state index contributed by atoms with van der Waals surface area (Å²) in [6.45, 7) is 0.699. The van der Waals surface area contributed by atoms with Gasteiger partial charge in [-0.15, -0.1) is 11.8 Å². The molecule has 0 aliphatic carbocycles. The van der Waals surface area contributed by atoms with Crippen LogP contribution in [-0.4, -0.2) is 25.8 Å². The zero-order valence-corrected chi connectivity index (χ0v) is 9.35. The molecule has 0 saturated carbocycles. The third-order valence-electron chi connectivity index (χ3n) is 1.85. The van der Waals surface area contributed by atoms with Crippen LogP contribution in [0.3, 0.4) is 0 Å². The van der Waals surface area contributed by atoms with Crippen molar-refractivity contribution in [2.75, 3.05) is 19.5 Å². The summed E-state index contributed by atoms with van der Waals surface area (Å²) in [4.78, 5) is 11.5. The highest BCUT2D eigenvalue weighted by atomic mass is 32.2. The molecule has 0 spiro atoms. The molecule has 0 aliphatic heterocycles. The first-order valence-electron chi connectivity index (χ1n) is 4.64. The molecule has 0 amide bonds. The first kappa shape index (κ1) is 12.2. The van der Waals surface area contributed by atoms with Gasteiger partial charge in [0.2, 0.25) is 0 Å². The monoisotopic (exact) mass is 228 g/mol. The largest absolute Gasteiger partial charge is 0.385 e. The molecule has 0 aliphatic rings. The van der Waals surface area contributed by atoms with Gasteiger partial charge in [-0.3, -0.25) is 4.79 Å². The van der Waals surface area contributed by atoms with Crippen LogP contribution in [0.25, 0.3) is 0 Å². The minimum absolute atomic E-state index is 0.377. The van der Waals surface area contributed by atoms with Crippen molar-refractivity contribution in [3.05, 3.63) is 29.6 Å². The molecule has 1 aromatic rings. The van der Waals surface area contributed by atoms with Crippen LogP contribution in [-0.2, 0) is 4.74 Å². The molecule has 0 saturated heterocycles. The van der Waals surface area contributed by atoms with Crippen LogP contribution in [0.4, 0.5) is 4.39 Å². The summed E-state index contributed by atoms with van der Waals surface area (Å²) in [5, 5.41) is 0. The van der Waals surface area contributed by atoms with Crippen LogP contribution in [0.5, 0.6) is 0 Å². The number of aldehydes is 1. The second-order valence-electron chi connectivity index (χ2n) is 2.99. The Bertz CT molecular complexity index is 328. The van der Waals surface area contributed by atoms with E-state index in [0.29, 0.717) is 18.5 Å². The number of ether oxygens (including phenoxy) is 1. The van der Waals surface area contributed by atoms with Crippen LogP contribution in [0.2, 0.25) is 0 Å². The second-order valence-corrected chi connectivity index (χ2v) is 4.13. The Labute approximate surface area is 92.8 Å². The number of hydrogen-bond donors (Lipinski definition) is 0. The highest BCUT2D eigenvalue weighted by molar-refractivity contribution is 7.99. The molecule has 82 valence electrons. The number of halogens is 1. The highest BCUT2D eigenvalue weighted by Gasteiger charge is 2.03. The predicted octanol–water partition coefficient (Wildman–Crippen LogP) is 2.77. The van der Waals surface area contributed by atoms with Gasteiger partial charge in [0, 0.05) is 29.9 Å². The number of benzene rings is 1. The number of thioether (sulfide) groups is 1. The molecule has 1 rings (SSSR count). The van der Waals surface area contributed by atoms with Gasteiger partial charge in [0.25, 0.3) is 0 Å². The van der Waals surface area contributed by atoms with Crippen molar-refractivity contribution in [2.24, 2.45) is 0 Å². The lowest BCUT2D eigenvalue weighted by Crippen LogP contribution is -1.92. The molecule has 2 nitrogen and oxygen atoms in total. The van der Waals surface area contributed by atoms with E-state index in [-0.39, 0.29) is 5.82 Å². The van der Waals surface area contributed by atoms with Gasteiger partial charge in [-0.05, 0) is 24.6 Å². The van der Waals surface area contributed by atoms with E-state index in [1.165, 1.54) is 12.1 Å². The molecule has 15 heavy (non-hydrogen) atoms. The van der Waals surface area contributed by atoms with E-state index in [1.54, 1.807) is 24.9 Å². The predicted molar refractivity (Wildman–Crippen MR) is 59.0 cm³/mol. The van der Waals surface area contributed by atoms with E-state index in [9.17, 15) is 9.18 Å². The van der Waals surface area contributed by atoms with E-state index < -0.39 is 0 Å². The van der Waals surface area contributed by atoms with Gasteiger partial charge >= 0.3 is 0 Å². The molecule has 0 bridgehead atoms. The summed E-state index contributed by atoms with van der Waals surface area (Å²) in [5.74, 6) is 0.485. The maximum absolute atomic E-state index is 12.8. The normalized spacial score (nSPS) is 10.3. The number of carbonyl (C=O) groups excluding carboxylic acids is 1. The van der Waals surface area contributed by atoms with Crippen molar-refractivity contribution in [1.82, 2.24) is 0 Å². The Morgan fingerprint density at radius 2 is 2.33 bits per heavy atom. The molecule has 1 aromatic carbocycles. The van der Waals surface area contributed by atoms with Crippen molar-refractivity contribution in [3.63, 3.8) is 0 Å². The van der Waals surface area contributed by atoms with Gasteiger partial charge in [-0.1, -0.05) is 0 Å². The van der Waals surface area contributed by atoms with Gasteiger partial charge in [0.15, 0.2) is 6.29 Å². The van der Waals surface area contributed by atoms with E-state index in [2.05, 4.69) is 0 Å². The molecular weight excluding hydrogens is 215 g/mol. The average Bonchev–Trinajstić information content (AvgIpc) is 2.26. The van der Waals surface area contributed by atoms with Crippen LogP contribution >= 0.6 is 11.8 Å². The van der Waals surface area contributed by atoms with Crippen molar-refractivity contribution in [3.8, 4) is 0 Å². The van der Waals surface area contributed by atoms with Crippen molar-refractivity contribution >= 4 is 18.0 Å². The number of hydrogen-bond acceptors (Lipinski definition) is 3. The Kier molecular flexibility index (Phi) is 5.36. The first-order chi connectivity index (χ1) is 7.27. The zero-order chi connectivity index (χ0) is 11.1. The molecule has 0 fully saturated rings. The van der Waals surface area contributed by atoms with Gasteiger partial charge in [-0.25, -0.2) is 4.39 Å². The minimum atomic E-state index is -0.377. The highest BCUT2D eigenvalue weighted by Crippen LogP contribution is 2.22. The van der Waals surface area contributed by atoms with Crippen molar-refractivity contribution in [1.29, 1.82) is 0 Å². The fourth-order valence-corrected chi connectivity index (χ4v) is 2.05. The third-order valence-corrected chi connectivity index (χ3v) is 3.02. The lowest BCUT2D eigenvalue weighted by Gasteiger charge is -2.04. The van der Waals surface area contributed by atoms with Crippen molar-refractivity contribution in [2.45, 2.75) is 11.3 Å². The molecule has 0 N–H and O–H groups in total. The third kappa shape index (κ3) is 4.01. The number of methoxy groups -OCH3 is 1. The maximum Gasteiger partial charge on any atom is 0.151 e. The Morgan fingerprint density at radius 3 is 3.00 bits per heavy atom. The molecule has 0 heterocycles. The minimum Gasteiger partial charge on any atom is -0.385 e. The Morgan fingerprint density at radius 1 is 1.53 bits per heavy atom. The van der Waals surface area contributed by atoms with Crippen LogP contribution in [0, 0.1) is 5.82 Å². The second kappa shape index (κ2) is 6.58. The standard InChI is InChI=1S/C11H13FO2S/c1-14-5-2-6-15-11-4-3-10(12)7-9(11)8-13/h3-4,7-8H,2,5-6H2,1H3. The quantitative estimate of drug-likeness (QED) is 0.425. The first-order valence-corrected chi connectivity index (χ1v) is 5.63. The summed E-state index contributed by atoms with van der Waals surface area (Å²) < 4.78 is 17.7. The molecule has 0 aromatic heterocycles. The summed E-state index contributed by atoms with van der Waals surface area (Å²) in [6.07, 6.45) is 1.60. The smallest absolute Gasteiger partial charge is 0.151 e. The van der Waals surface area contributed by atoms with E-state index in [1.807, 2.05) is 0 Å². The molecular formula is C11H13FO2S. The van der Waals surface area contributed by atoms with E-state index in [0.717, 1.165) is 17.1 Å². The average molecular weight is 228 g/mol. The van der Waals surface area contributed by atoms with Gasteiger partial charge in [0.05, 0.1) is 0 Å². The SMILES string of the molecule is COCCCSc1ccc(F)cc1C=O. The fraction of sp³-hybridized carbons (Fsp3) is 0.364.